The summed E-state index contributed by atoms with van der Waals surface area (Å²) in [7, 11) is 1.95. The zero-order valence-electron chi connectivity index (χ0n) is 24.0. The number of fused-ring (bicyclic) bond motifs is 2. The lowest BCUT2D eigenvalue weighted by molar-refractivity contribution is 0.187. The van der Waals surface area contributed by atoms with Crippen molar-refractivity contribution in [2.75, 3.05) is 62.7 Å². The Kier molecular flexibility index (Phi) is 7.52. The quantitative estimate of drug-likeness (QED) is 0.341. The van der Waals surface area contributed by atoms with Crippen LogP contribution in [0.3, 0.4) is 0 Å². The number of nitrogens with one attached hydrogen (secondary N) is 1. The molecule has 3 aliphatic rings. The zero-order valence-corrected chi connectivity index (χ0v) is 24.0. The molecule has 2 fully saturated rings. The minimum absolute atomic E-state index is 0.0255. The van der Waals surface area contributed by atoms with Crippen molar-refractivity contribution >= 4 is 22.3 Å². The molecule has 0 aliphatic carbocycles. The maximum absolute atomic E-state index is 14.0. The summed E-state index contributed by atoms with van der Waals surface area (Å²) in [6, 6.07) is 23.0. The molecule has 1 aromatic heterocycles. The van der Waals surface area contributed by atoms with E-state index in [0.717, 1.165) is 73.2 Å². The summed E-state index contributed by atoms with van der Waals surface area (Å²) in [4.78, 5) is 16.7. The molecule has 4 aromatic rings. The number of anilines is 2. The number of nitrogens with zero attached hydrogens (tertiary/aromatic N) is 5. The second kappa shape index (κ2) is 11.7. The van der Waals surface area contributed by atoms with Gasteiger partial charge in [0.1, 0.15) is 30.1 Å². The fraction of sp³-hybridized carbons (Fsp3) is 0.394. The first-order valence-corrected chi connectivity index (χ1v) is 14.9. The van der Waals surface area contributed by atoms with Crippen LogP contribution in [0.15, 0.2) is 66.7 Å². The van der Waals surface area contributed by atoms with E-state index in [1.807, 2.05) is 42.3 Å². The maximum atomic E-state index is 14.0. The predicted molar refractivity (Wildman–Crippen MR) is 164 cm³/mol. The van der Waals surface area contributed by atoms with Gasteiger partial charge in [-0.15, -0.1) is 0 Å². The molecule has 0 spiro atoms. The molecule has 0 saturated carbocycles. The lowest BCUT2D eigenvalue weighted by Crippen LogP contribution is -2.45. The highest BCUT2D eigenvalue weighted by Crippen LogP contribution is 2.38. The van der Waals surface area contributed by atoms with Gasteiger partial charge in [-0.25, -0.2) is 4.39 Å². The Labute approximate surface area is 246 Å². The van der Waals surface area contributed by atoms with Gasteiger partial charge in [0.2, 0.25) is 0 Å². The minimum atomic E-state index is -0.811. The molecule has 42 heavy (non-hydrogen) atoms. The van der Waals surface area contributed by atoms with Crippen LogP contribution in [0.5, 0.6) is 17.5 Å². The van der Waals surface area contributed by atoms with Crippen LogP contribution in [0, 0.1) is 0 Å². The normalized spacial score (nSPS) is 21.0. The summed E-state index contributed by atoms with van der Waals surface area (Å²) in [5, 5.41) is 5.75. The number of likely N-dealkylation sites (N-methyl/N-ethyl adjacent to an activating group) is 1. The third kappa shape index (κ3) is 5.58. The zero-order chi connectivity index (χ0) is 28.5. The standard InChI is InChI=1S/C33H37FN6O2/c1-38-20-24(34)18-25(38)22-41-33-36-30-21-40(14-11-29(30)32(37-33)39-15-12-35-13-16-39)31-19-27(42-26-8-3-2-4-9-26)17-23-7-5-6-10-28(23)31/h2-10,17,19,24-25,35H,11-16,18,20-22H2,1H3/t24-,25+/m1/s1. The van der Waals surface area contributed by atoms with E-state index in [9.17, 15) is 4.39 Å². The number of rotatable bonds is 7. The van der Waals surface area contributed by atoms with Gasteiger partial charge in [-0.1, -0.05) is 42.5 Å². The smallest absolute Gasteiger partial charge is 0.318 e. The molecule has 2 saturated heterocycles. The first-order chi connectivity index (χ1) is 20.6. The SMILES string of the molecule is CN1C[C@H](F)C[C@H]1COc1nc2c(c(N3CCNCC3)n1)CCN(c1cc(Oc3ccccc3)cc3ccccc13)C2. The molecule has 4 heterocycles. The van der Waals surface area contributed by atoms with Crippen LogP contribution in [0.1, 0.15) is 17.7 Å². The molecule has 8 nitrogen and oxygen atoms in total. The molecule has 0 amide bonds. The first-order valence-electron chi connectivity index (χ1n) is 14.9. The van der Waals surface area contributed by atoms with Crippen LogP contribution in [0.25, 0.3) is 10.8 Å². The van der Waals surface area contributed by atoms with E-state index < -0.39 is 6.17 Å². The van der Waals surface area contributed by atoms with Crippen molar-refractivity contribution in [3.05, 3.63) is 78.0 Å². The van der Waals surface area contributed by atoms with Crippen LogP contribution < -0.4 is 24.6 Å². The van der Waals surface area contributed by atoms with Crippen molar-refractivity contribution in [1.29, 1.82) is 0 Å². The molecule has 2 atom stereocenters. The summed E-state index contributed by atoms with van der Waals surface area (Å²) in [6.07, 6.45) is 0.505. The predicted octanol–water partition coefficient (Wildman–Crippen LogP) is 4.82. The average Bonchev–Trinajstić information content (AvgIpc) is 3.36. The average molecular weight is 569 g/mol. The van der Waals surface area contributed by atoms with Crippen molar-refractivity contribution in [3.63, 3.8) is 0 Å². The topological polar surface area (TPSA) is 66.0 Å². The molecular weight excluding hydrogens is 531 g/mol. The number of para-hydroxylation sites is 1. The van der Waals surface area contributed by atoms with Gasteiger partial charge in [-0.2, -0.15) is 9.97 Å². The number of aromatic nitrogens is 2. The lowest BCUT2D eigenvalue weighted by Gasteiger charge is -2.35. The highest BCUT2D eigenvalue weighted by Gasteiger charge is 2.31. The van der Waals surface area contributed by atoms with Gasteiger partial charge >= 0.3 is 6.01 Å². The Morgan fingerprint density at radius 2 is 1.74 bits per heavy atom. The number of piperazine rings is 1. The van der Waals surface area contributed by atoms with Crippen LogP contribution in [-0.2, 0) is 13.0 Å². The van der Waals surface area contributed by atoms with Crippen molar-refractivity contribution < 1.29 is 13.9 Å². The Morgan fingerprint density at radius 1 is 0.929 bits per heavy atom. The molecule has 7 rings (SSSR count). The number of benzene rings is 3. The summed E-state index contributed by atoms with van der Waals surface area (Å²) in [5.74, 6) is 2.59. The number of hydrogen-bond acceptors (Lipinski definition) is 8. The summed E-state index contributed by atoms with van der Waals surface area (Å²) >= 11 is 0. The monoisotopic (exact) mass is 568 g/mol. The van der Waals surface area contributed by atoms with Crippen LogP contribution in [0.4, 0.5) is 15.9 Å². The molecular formula is C33H37FN6O2. The number of halogens is 1. The van der Waals surface area contributed by atoms with Crippen molar-refractivity contribution in [3.8, 4) is 17.5 Å². The van der Waals surface area contributed by atoms with E-state index in [1.165, 1.54) is 10.9 Å². The lowest BCUT2D eigenvalue weighted by atomic mass is 10.0. The molecule has 0 unspecified atom stereocenters. The highest BCUT2D eigenvalue weighted by molar-refractivity contribution is 5.96. The molecule has 3 aliphatic heterocycles. The van der Waals surface area contributed by atoms with Crippen molar-refractivity contribution in [1.82, 2.24) is 20.2 Å². The maximum Gasteiger partial charge on any atom is 0.318 e. The van der Waals surface area contributed by atoms with E-state index in [0.29, 0.717) is 32.1 Å². The van der Waals surface area contributed by atoms with Gasteiger partial charge in [-0.3, -0.25) is 4.90 Å². The Hall–Kier alpha value is -3.95. The fourth-order valence-electron chi connectivity index (χ4n) is 6.38. The summed E-state index contributed by atoms with van der Waals surface area (Å²) in [5.41, 5.74) is 3.31. The number of likely N-dealkylation sites (tertiary alicyclic amines) is 1. The third-order valence-electron chi connectivity index (χ3n) is 8.61. The second-order valence-electron chi connectivity index (χ2n) is 11.5. The fourth-order valence-corrected chi connectivity index (χ4v) is 6.38. The second-order valence-corrected chi connectivity index (χ2v) is 11.5. The number of ether oxygens (including phenoxy) is 2. The van der Waals surface area contributed by atoms with E-state index in [2.05, 4.69) is 51.5 Å². The highest BCUT2D eigenvalue weighted by atomic mass is 19.1. The molecule has 9 heteroatoms. The van der Waals surface area contributed by atoms with Gasteiger partial charge < -0.3 is 24.6 Å². The number of hydrogen-bond donors (Lipinski definition) is 1. The van der Waals surface area contributed by atoms with Gasteiger partial charge in [0.25, 0.3) is 0 Å². The van der Waals surface area contributed by atoms with Gasteiger partial charge in [-0.05, 0) is 43.5 Å². The Bertz CT molecular complexity index is 1550. The first kappa shape index (κ1) is 26.9. The van der Waals surface area contributed by atoms with Crippen LogP contribution in [-0.4, -0.2) is 80.0 Å². The molecule has 0 radical (unpaired) electrons. The molecule has 1 N–H and O–H groups in total. The van der Waals surface area contributed by atoms with Gasteiger partial charge in [0, 0.05) is 68.0 Å². The third-order valence-corrected chi connectivity index (χ3v) is 8.61. The molecule has 3 aromatic carbocycles. The van der Waals surface area contributed by atoms with Crippen LogP contribution in [0.2, 0.25) is 0 Å². The van der Waals surface area contributed by atoms with E-state index in [4.69, 9.17) is 19.4 Å². The molecule has 0 bridgehead atoms. The summed E-state index contributed by atoms with van der Waals surface area (Å²) < 4.78 is 26.5. The van der Waals surface area contributed by atoms with Gasteiger partial charge in [0.15, 0.2) is 0 Å². The van der Waals surface area contributed by atoms with Crippen molar-refractivity contribution in [2.45, 2.75) is 31.6 Å². The van der Waals surface area contributed by atoms with Crippen molar-refractivity contribution in [2.24, 2.45) is 0 Å². The minimum Gasteiger partial charge on any atom is -0.462 e. The Balaban J connectivity index is 1.21. The number of alkyl halides is 1. The van der Waals surface area contributed by atoms with E-state index in [1.54, 1.807) is 0 Å². The van der Waals surface area contributed by atoms with E-state index in [-0.39, 0.29) is 6.04 Å². The largest absolute Gasteiger partial charge is 0.462 e. The van der Waals surface area contributed by atoms with Gasteiger partial charge in [0.05, 0.1) is 12.2 Å². The van der Waals surface area contributed by atoms with E-state index >= 15 is 0 Å². The van der Waals surface area contributed by atoms with Crippen LogP contribution >= 0.6 is 0 Å². The Morgan fingerprint density at radius 3 is 2.55 bits per heavy atom. The molecule has 218 valence electrons. The summed E-state index contributed by atoms with van der Waals surface area (Å²) in [6.45, 7) is 5.94.